The first-order chi connectivity index (χ1) is 7.09. The second-order valence-electron chi connectivity index (χ2n) is 4.97. The molecule has 16 heavy (non-hydrogen) atoms. The van der Waals surface area contributed by atoms with Gasteiger partial charge in [0.05, 0.1) is 6.04 Å². The van der Waals surface area contributed by atoms with Gasteiger partial charge in [0.2, 0.25) is 5.91 Å². The molecular formula is C11H22ClN3O. The quantitative estimate of drug-likeness (QED) is 0.771. The van der Waals surface area contributed by atoms with Crippen LogP contribution in [0.4, 0.5) is 0 Å². The predicted molar refractivity (Wildman–Crippen MR) is 66.7 cm³/mol. The number of nitrogens with zero attached hydrogens (tertiary/aromatic N) is 2. The van der Waals surface area contributed by atoms with Gasteiger partial charge in [-0.1, -0.05) is 0 Å². The molecule has 2 saturated heterocycles. The van der Waals surface area contributed by atoms with Crippen LogP contribution in [-0.4, -0.2) is 53.5 Å². The summed E-state index contributed by atoms with van der Waals surface area (Å²) >= 11 is 0. The van der Waals surface area contributed by atoms with E-state index >= 15 is 0 Å². The summed E-state index contributed by atoms with van der Waals surface area (Å²) in [5.74, 6) is 0.305. The molecule has 0 saturated carbocycles. The van der Waals surface area contributed by atoms with E-state index in [4.69, 9.17) is 5.73 Å². The highest BCUT2D eigenvalue weighted by atomic mass is 35.5. The molecule has 2 heterocycles. The number of hydrogen-bond acceptors (Lipinski definition) is 3. The summed E-state index contributed by atoms with van der Waals surface area (Å²) in [6, 6.07) is 0.714. The molecule has 0 spiro atoms. The molecule has 0 aromatic heterocycles. The summed E-state index contributed by atoms with van der Waals surface area (Å²) < 4.78 is 0. The van der Waals surface area contributed by atoms with Crippen LogP contribution in [0.3, 0.4) is 0 Å². The van der Waals surface area contributed by atoms with Crippen molar-refractivity contribution in [2.45, 2.75) is 44.8 Å². The topological polar surface area (TPSA) is 49.6 Å². The predicted octanol–water partition coefficient (Wildman–Crippen LogP) is 0.451. The Bertz CT molecular complexity index is 260. The van der Waals surface area contributed by atoms with Crippen LogP contribution in [0, 0.1) is 0 Å². The van der Waals surface area contributed by atoms with Crippen molar-refractivity contribution in [1.29, 1.82) is 0 Å². The summed E-state index contributed by atoms with van der Waals surface area (Å²) in [6.07, 6.45) is 2.01. The van der Waals surface area contributed by atoms with Crippen LogP contribution in [0.25, 0.3) is 0 Å². The van der Waals surface area contributed by atoms with E-state index in [0.29, 0.717) is 11.9 Å². The van der Waals surface area contributed by atoms with E-state index in [-0.39, 0.29) is 24.5 Å². The van der Waals surface area contributed by atoms with Gasteiger partial charge in [0.15, 0.2) is 0 Å². The molecule has 5 heteroatoms. The lowest BCUT2D eigenvalue weighted by Crippen LogP contribution is -2.43. The molecule has 0 aliphatic carbocycles. The third-order valence-electron chi connectivity index (χ3n) is 3.53. The van der Waals surface area contributed by atoms with Crippen LogP contribution in [0.1, 0.15) is 26.7 Å². The second kappa shape index (κ2) is 5.34. The van der Waals surface area contributed by atoms with Crippen molar-refractivity contribution in [2.24, 2.45) is 5.73 Å². The zero-order valence-corrected chi connectivity index (χ0v) is 10.9. The third kappa shape index (κ3) is 2.50. The molecule has 1 amide bonds. The maximum Gasteiger partial charge on any atom is 0.240 e. The molecule has 2 unspecified atom stereocenters. The largest absolute Gasteiger partial charge is 0.339 e. The highest BCUT2D eigenvalue weighted by Crippen LogP contribution is 2.22. The summed E-state index contributed by atoms with van der Waals surface area (Å²) in [6.45, 7) is 6.95. The van der Waals surface area contributed by atoms with Crippen molar-refractivity contribution in [3.05, 3.63) is 0 Å². The normalized spacial score (nSPS) is 31.2. The minimum atomic E-state index is 0. The van der Waals surface area contributed by atoms with E-state index in [1.54, 1.807) is 0 Å². The van der Waals surface area contributed by atoms with Crippen molar-refractivity contribution >= 4 is 18.3 Å². The zero-order valence-electron chi connectivity index (χ0n) is 10.1. The molecule has 2 aliphatic heterocycles. The Morgan fingerprint density at radius 3 is 2.44 bits per heavy atom. The van der Waals surface area contributed by atoms with Crippen molar-refractivity contribution in [3.63, 3.8) is 0 Å². The standard InChI is InChI=1S/C11H21N3O.ClH/c1-8(2)14-6-4-10(11(14)15)13-5-3-9(12)7-13;/h8-10H,3-7,12H2,1-2H3;1H. The average Bonchev–Trinajstić information content (AvgIpc) is 2.71. The molecule has 94 valence electrons. The lowest BCUT2D eigenvalue weighted by Gasteiger charge is -2.25. The maximum absolute atomic E-state index is 12.1. The molecule has 2 fully saturated rings. The fourth-order valence-corrected chi connectivity index (χ4v) is 2.64. The smallest absolute Gasteiger partial charge is 0.240 e. The number of rotatable bonds is 2. The Hall–Kier alpha value is -0.320. The van der Waals surface area contributed by atoms with Crippen LogP contribution in [0.5, 0.6) is 0 Å². The second-order valence-corrected chi connectivity index (χ2v) is 4.97. The minimum Gasteiger partial charge on any atom is -0.339 e. The number of nitrogens with two attached hydrogens (primary N) is 1. The molecule has 2 rings (SSSR count). The highest BCUT2D eigenvalue weighted by Gasteiger charge is 2.38. The third-order valence-corrected chi connectivity index (χ3v) is 3.53. The van der Waals surface area contributed by atoms with E-state index in [1.165, 1.54) is 0 Å². The highest BCUT2D eigenvalue weighted by molar-refractivity contribution is 5.85. The fraction of sp³-hybridized carbons (Fsp3) is 0.909. The molecule has 2 atom stereocenters. The van der Waals surface area contributed by atoms with Gasteiger partial charge in [-0.3, -0.25) is 9.69 Å². The van der Waals surface area contributed by atoms with Gasteiger partial charge < -0.3 is 10.6 Å². The summed E-state index contributed by atoms with van der Waals surface area (Å²) in [7, 11) is 0. The van der Waals surface area contributed by atoms with Gasteiger partial charge >= 0.3 is 0 Å². The molecule has 4 nitrogen and oxygen atoms in total. The first-order valence-electron chi connectivity index (χ1n) is 5.89. The summed E-state index contributed by atoms with van der Waals surface area (Å²) in [4.78, 5) is 16.3. The van der Waals surface area contributed by atoms with E-state index in [0.717, 1.165) is 32.5 Å². The van der Waals surface area contributed by atoms with Crippen LogP contribution in [0.15, 0.2) is 0 Å². The van der Waals surface area contributed by atoms with Gasteiger partial charge in [-0.25, -0.2) is 0 Å². The Morgan fingerprint density at radius 1 is 1.31 bits per heavy atom. The Balaban J connectivity index is 0.00000128. The molecule has 0 aromatic rings. The van der Waals surface area contributed by atoms with E-state index in [9.17, 15) is 4.79 Å². The molecule has 0 bridgehead atoms. The molecule has 2 aliphatic rings. The van der Waals surface area contributed by atoms with Gasteiger partial charge in [-0.2, -0.15) is 0 Å². The van der Waals surface area contributed by atoms with Crippen molar-refractivity contribution in [1.82, 2.24) is 9.80 Å². The Morgan fingerprint density at radius 2 is 2.00 bits per heavy atom. The molecule has 2 N–H and O–H groups in total. The van der Waals surface area contributed by atoms with Crippen LogP contribution >= 0.6 is 12.4 Å². The monoisotopic (exact) mass is 247 g/mol. The zero-order chi connectivity index (χ0) is 11.0. The van der Waals surface area contributed by atoms with Gasteiger partial charge in [-0.15, -0.1) is 12.4 Å². The van der Waals surface area contributed by atoms with Gasteiger partial charge in [0, 0.05) is 31.7 Å². The number of hydrogen-bond donors (Lipinski definition) is 1. The first kappa shape index (κ1) is 13.7. The van der Waals surface area contributed by atoms with Crippen LogP contribution in [0.2, 0.25) is 0 Å². The number of halogens is 1. The van der Waals surface area contributed by atoms with Crippen molar-refractivity contribution in [3.8, 4) is 0 Å². The molecular weight excluding hydrogens is 226 g/mol. The number of amides is 1. The summed E-state index contributed by atoms with van der Waals surface area (Å²) in [5, 5.41) is 0. The number of carbonyl (C=O) groups is 1. The lowest BCUT2D eigenvalue weighted by molar-refractivity contribution is -0.133. The minimum absolute atomic E-state index is 0. The van der Waals surface area contributed by atoms with E-state index < -0.39 is 0 Å². The van der Waals surface area contributed by atoms with Gasteiger partial charge in [0.1, 0.15) is 0 Å². The molecule has 0 aromatic carbocycles. The number of likely N-dealkylation sites (tertiary alicyclic amines) is 2. The average molecular weight is 248 g/mol. The first-order valence-corrected chi connectivity index (χ1v) is 5.89. The Kier molecular flexibility index (Phi) is 4.59. The van der Waals surface area contributed by atoms with E-state index in [2.05, 4.69) is 18.7 Å². The molecule has 0 radical (unpaired) electrons. The van der Waals surface area contributed by atoms with Crippen molar-refractivity contribution < 1.29 is 4.79 Å². The van der Waals surface area contributed by atoms with Crippen LogP contribution < -0.4 is 5.73 Å². The Labute approximate surface area is 104 Å². The summed E-state index contributed by atoms with van der Waals surface area (Å²) in [5.41, 5.74) is 5.87. The van der Waals surface area contributed by atoms with Gasteiger partial charge in [0.25, 0.3) is 0 Å². The van der Waals surface area contributed by atoms with E-state index in [1.807, 2.05) is 4.90 Å². The number of carbonyl (C=O) groups excluding carboxylic acids is 1. The maximum atomic E-state index is 12.1. The lowest BCUT2D eigenvalue weighted by atomic mass is 10.2. The SMILES string of the molecule is CC(C)N1CCC(N2CCC(N)C2)C1=O.Cl. The van der Waals surface area contributed by atoms with Crippen molar-refractivity contribution in [2.75, 3.05) is 19.6 Å². The fourth-order valence-electron chi connectivity index (χ4n) is 2.64. The van der Waals surface area contributed by atoms with Crippen LogP contribution in [-0.2, 0) is 4.79 Å². The van der Waals surface area contributed by atoms with Gasteiger partial charge in [-0.05, 0) is 26.7 Å².